The number of nitrogens with one attached hydrogen (secondary N) is 1. The second-order valence-electron chi connectivity index (χ2n) is 5.90. The second-order valence-corrected chi connectivity index (χ2v) is 5.90. The van der Waals surface area contributed by atoms with Gasteiger partial charge in [-0.2, -0.15) is 0 Å². The summed E-state index contributed by atoms with van der Waals surface area (Å²) in [5.41, 5.74) is 10.7. The third kappa shape index (κ3) is 3.71. The molecule has 0 saturated heterocycles. The van der Waals surface area contributed by atoms with Crippen LogP contribution in [0.4, 0.5) is 11.4 Å². The van der Waals surface area contributed by atoms with Gasteiger partial charge in [0.2, 0.25) is 0 Å². The van der Waals surface area contributed by atoms with Crippen molar-refractivity contribution < 1.29 is 4.92 Å². The molecule has 0 aromatic heterocycles. The molecule has 6 nitrogen and oxygen atoms in total. The minimum Gasteiger partial charge on any atom is -0.370 e. The lowest BCUT2D eigenvalue weighted by Crippen LogP contribution is -2.24. The molecule has 2 aromatic rings. The van der Waals surface area contributed by atoms with E-state index >= 15 is 0 Å². The molecule has 2 aromatic carbocycles. The number of hydrogen-bond donors (Lipinski definition) is 2. The van der Waals surface area contributed by atoms with Gasteiger partial charge in [0.1, 0.15) is 0 Å². The van der Waals surface area contributed by atoms with E-state index in [0.717, 1.165) is 24.1 Å². The number of aryl methyl sites for hydroxylation is 1. The molecule has 0 aliphatic heterocycles. The normalized spacial score (nSPS) is 14.1. The second kappa shape index (κ2) is 7.12. The number of anilines is 1. The van der Waals surface area contributed by atoms with E-state index in [1.54, 1.807) is 12.1 Å². The number of nitro benzene ring substituents is 1. The first-order chi connectivity index (χ1) is 11.6. The lowest BCUT2D eigenvalue weighted by molar-refractivity contribution is -0.384. The van der Waals surface area contributed by atoms with Crippen LogP contribution in [0, 0.1) is 10.1 Å². The zero-order valence-corrected chi connectivity index (χ0v) is 13.4. The van der Waals surface area contributed by atoms with Gasteiger partial charge in [0.05, 0.1) is 11.5 Å². The maximum absolute atomic E-state index is 10.6. The first kappa shape index (κ1) is 16.0. The van der Waals surface area contributed by atoms with Crippen LogP contribution in [0.5, 0.6) is 0 Å². The average Bonchev–Trinajstić information content (AvgIpc) is 2.61. The molecule has 0 unspecified atom stereocenters. The molecule has 0 spiro atoms. The zero-order chi connectivity index (χ0) is 16.9. The molecule has 1 aliphatic rings. The molecule has 1 aliphatic carbocycles. The molecule has 0 atom stereocenters. The highest BCUT2D eigenvalue weighted by Crippen LogP contribution is 2.27. The molecule has 0 bridgehead atoms. The molecule has 124 valence electrons. The Hall–Kier alpha value is -2.89. The summed E-state index contributed by atoms with van der Waals surface area (Å²) in [5.74, 6) is 0.354. The van der Waals surface area contributed by atoms with E-state index in [4.69, 9.17) is 5.73 Å². The van der Waals surface area contributed by atoms with E-state index in [2.05, 4.69) is 16.4 Å². The summed E-state index contributed by atoms with van der Waals surface area (Å²) >= 11 is 0. The molecule has 0 saturated carbocycles. The number of non-ortho nitro benzene ring substituents is 1. The highest BCUT2D eigenvalue weighted by Gasteiger charge is 2.13. The molecule has 6 heteroatoms. The summed E-state index contributed by atoms with van der Waals surface area (Å²) in [5, 5.41) is 13.8. The predicted octanol–water partition coefficient (Wildman–Crippen LogP) is 3.40. The molecule has 0 amide bonds. The maximum atomic E-state index is 10.6. The lowest BCUT2D eigenvalue weighted by atomic mass is 9.90. The summed E-state index contributed by atoms with van der Waals surface area (Å²) in [7, 11) is 0. The van der Waals surface area contributed by atoms with Gasteiger partial charge in [-0.05, 0) is 48.4 Å². The van der Waals surface area contributed by atoms with Crippen LogP contribution >= 0.6 is 0 Å². The van der Waals surface area contributed by atoms with Gasteiger partial charge >= 0.3 is 0 Å². The third-order valence-electron chi connectivity index (χ3n) is 4.24. The zero-order valence-electron chi connectivity index (χ0n) is 13.4. The number of guanidine groups is 1. The van der Waals surface area contributed by atoms with Crippen molar-refractivity contribution in [3.05, 3.63) is 69.3 Å². The average molecular weight is 324 g/mol. The van der Waals surface area contributed by atoms with Crippen molar-refractivity contribution in [1.29, 1.82) is 0 Å². The SMILES string of the molecule is NC(=NCc1ccc([N+](=O)[O-])cc1)Nc1cccc2c1CCCC2. The standard InChI is InChI=1S/C18H20N4O2/c19-18(20-12-13-8-10-15(11-9-13)22(23)24)21-17-7-3-5-14-4-1-2-6-16(14)17/h3,5,7-11H,1-2,4,6,12H2,(H3,19,20,21). The largest absolute Gasteiger partial charge is 0.370 e. The molecule has 0 heterocycles. The molecular weight excluding hydrogens is 304 g/mol. The van der Waals surface area contributed by atoms with E-state index in [1.807, 2.05) is 12.1 Å². The topological polar surface area (TPSA) is 93.5 Å². The first-order valence-electron chi connectivity index (χ1n) is 8.04. The van der Waals surface area contributed by atoms with Gasteiger partial charge in [-0.1, -0.05) is 24.3 Å². The fraction of sp³-hybridized carbons (Fsp3) is 0.278. The van der Waals surface area contributed by atoms with Crippen molar-refractivity contribution in [1.82, 2.24) is 0 Å². The van der Waals surface area contributed by atoms with Crippen molar-refractivity contribution in [2.24, 2.45) is 10.7 Å². The Balaban J connectivity index is 1.67. The van der Waals surface area contributed by atoms with E-state index in [9.17, 15) is 10.1 Å². The van der Waals surface area contributed by atoms with Gasteiger partial charge in [0.15, 0.2) is 5.96 Å². The van der Waals surface area contributed by atoms with E-state index in [1.165, 1.54) is 36.1 Å². The summed E-state index contributed by atoms with van der Waals surface area (Å²) < 4.78 is 0. The maximum Gasteiger partial charge on any atom is 0.269 e. The fourth-order valence-corrected chi connectivity index (χ4v) is 2.98. The smallest absolute Gasteiger partial charge is 0.269 e. The Morgan fingerprint density at radius 1 is 1.17 bits per heavy atom. The predicted molar refractivity (Wildman–Crippen MR) is 95.1 cm³/mol. The Labute approximate surface area is 140 Å². The van der Waals surface area contributed by atoms with E-state index < -0.39 is 4.92 Å². The molecule has 3 rings (SSSR count). The Morgan fingerprint density at radius 2 is 1.92 bits per heavy atom. The van der Waals surface area contributed by atoms with E-state index in [0.29, 0.717) is 12.5 Å². The van der Waals surface area contributed by atoms with Crippen LogP contribution in [-0.2, 0) is 19.4 Å². The van der Waals surface area contributed by atoms with Gasteiger partial charge in [-0.3, -0.25) is 10.1 Å². The van der Waals surface area contributed by atoms with Crippen LogP contribution in [-0.4, -0.2) is 10.9 Å². The van der Waals surface area contributed by atoms with Gasteiger partial charge < -0.3 is 11.1 Å². The molecule has 24 heavy (non-hydrogen) atoms. The highest BCUT2D eigenvalue weighted by molar-refractivity contribution is 5.93. The van der Waals surface area contributed by atoms with Crippen molar-refractivity contribution in [2.45, 2.75) is 32.2 Å². The van der Waals surface area contributed by atoms with Crippen LogP contribution in [0.1, 0.15) is 29.5 Å². The lowest BCUT2D eigenvalue weighted by Gasteiger charge is -2.19. The number of hydrogen-bond acceptors (Lipinski definition) is 3. The van der Waals surface area contributed by atoms with E-state index in [-0.39, 0.29) is 5.69 Å². The number of benzene rings is 2. The summed E-state index contributed by atoms with van der Waals surface area (Å²) in [4.78, 5) is 14.6. The highest BCUT2D eigenvalue weighted by atomic mass is 16.6. The van der Waals surface area contributed by atoms with Crippen molar-refractivity contribution in [3.63, 3.8) is 0 Å². The summed E-state index contributed by atoms with van der Waals surface area (Å²) in [6.07, 6.45) is 4.62. The number of fused-ring (bicyclic) bond motifs is 1. The number of rotatable bonds is 4. The van der Waals surface area contributed by atoms with Crippen LogP contribution in [0.3, 0.4) is 0 Å². The molecular formula is C18H20N4O2. The van der Waals surface area contributed by atoms with Crippen LogP contribution in [0.25, 0.3) is 0 Å². The quantitative estimate of drug-likeness (QED) is 0.390. The summed E-state index contributed by atoms with van der Waals surface area (Å²) in [6.45, 7) is 0.381. The van der Waals surface area contributed by atoms with Crippen molar-refractivity contribution in [2.75, 3.05) is 5.32 Å². The Bertz CT molecular complexity index is 769. The van der Waals surface area contributed by atoms with Gasteiger partial charge in [0, 0.05) is 17.8 Å². The van der Waals surface area contributed by atoms with Gasteiger partial charge in [-0.15, -0.1) is 0 Å². The Morgan fingerprint density at radius 3 is 2.67 bits per heavy atom. The third-order valence-corrected chi connectivity index (χ3v) is 4.24. The first-order valence-corrected chi connectivity index (χ1v) is 8.04. The molecule has 0 fully saturated rings. The minimum atomic E-state index is -0.415. The number of nitro groups is 1. The number of nitrogens with two attached hydrogens (primary N) is 1. The van der Waals surface area contributed by atoms with Crippen LogP contribution in [0.15, 0.2) is 47.5 Å². The van der Waals surface area contributed by atoms with Gasteiger partial charge in [-0.25, -0.2) is 4.99 Å². The minimum absolute atomic E-state index is 0.0738. The number of nitrogens with zero attached hydrogens (tertiary/aromatic N) is 2. The fourth-order valence-electron chi connectivity index (χ4n) is 2.98. The van der Waals surface area contributed by atoms with Crippen LogP contribution in [0.2, 0.25) is 0 Å². The Kier molecular flexibility index (Phi) is 4.74. The molecule has 0 radical (unpaired) electrons. The van der Waals surface area contributed by atoms with Crippen LogP contribution < -0.4 is 11.1 Å². The number of aliphatic imine (C=N–C) groups is 1. The summed E-state index contributed by atoms with van der Waals surface area (Å²) in [6, 6.07) is 12.6. The van der Waals surface area contributed by atoms with Crippen molar-refractivity contribution in [3.8, 4) is 0 Å². The monoisotopic (exact) mass is 324 g/mol. The molecule has 3 N–H and O–H groups in total. The van der Waals surface area contributed by atoms with Gasteiger partial charge in [0.25, 0.3) is 5.69 Å². The van der Waals surface area contributed by atoms with Crippen molar-refractivity contribution >= 4 is 17.3 Å².